The lowest BCUT2D eigenvalue weighted by atomic mass is 9.91. The van der Waals surface area contributed by atoms with E-state index in [1.165, 1.54) is 29.0 Å². The lowest BCUT2D eigenvalue weighted by molar-refractivity contribution is 0.234. The van der Waals surface area contributed by atoms with Gasteiger partial charge in [0.25, 0.3) is 0 Å². The molecule has 4 N–H and O–H groups in total. The van der Waals surface area contributed by atoms with E-state index in [1.54, 1.807) is 18.3 Å². The van der Waals surface area contributed by atoms with E-state index in [4.69, 9.17) is 9.72 Å². The predicted molar refractivity (Wildman–Crippen MR) is 191 cm³/mol. The fourth-order valence-corrected chi connectivity index (χ4v) is 6.76. The maximum atomic E-state index is 15.0. The highest BCUT2D eigenvalue weighted by Gasteiger charge is 2.23. The molecule has 5 rings (SSSR count). The molecule has 2 unspecified atom stereocenters. The molecule has 0 bridgehead atoms. The largest absolute Gasteiger partial charge is 0.453 e. The number of amides is 4. The fraction of sp³-hybridized carbons (Fsp3) is 0.459. The van der Waals surface area contributed by atoms with E-state index in [2.05, 4.69) is 53.1 Å². The van der Waals surface area contributed by atoms with Crippen LogP contribution in [0.4, 0.5) is 19.7 Å². The Labute approximate surface area is 286 Å². The first kappa shape index (κ1) is 35.1. The molecule has 1 aromatic carbocycles. The zero-order chi connectivity index (χ0) is 33.9. The Balaban J connectivity index is 1.17. The summed E-state index contributed by atoms with van der Waals surface area (Å²) in [4.78, 5) is 34.4. The van der Waals surface area contributed by atoms with Crippen LogP contribution in [0.1, 0.15) is 84.1 Å². The van der Waals surface area contributed by atoms with Crippen molar-refractivity contribution in [2.75, 3.05) is 11.9 Å². The van der Waals surface area contributed by atoms with Crippen LogP contribution in [0.2, 0.25) is 0 Å². The molecular formula is C37H47FN6O3S. The molecular weight excluding hydrogens is 628 g/mol. The third-order valence-electron chi connectivity index (χ3n) is 8.55. The zero-order valence-electron chi connectivity index (χ0n) is 28.1. The second-order valence-electron chi connectivity index (χ2n) is 12.6. The second-order valence-corrected chi connectivity index (χ2v) is 13.7. The molecule has 1 saturated carbocycles. The van der Waals surface area contributed by atoms with Gasteiger partial charge in [-0.2, -0.15) is 0 Å². The predicted octanol–water partition coefficient (Wildman–Crippen LogP) is 9.19. The van der Waals surface area contributed by atoms with Crippen molar-refractivity contribution in [1.82, 2.24) is 25.9 Å². The molecule has 11 heteroatoms. The standard InChI is InChI=1S/C37H47FN6O3S/c1-4-8-26(42-36(45)40-18-5-2)10-7-9-24(6-3)20-25-11-15-30(41-23-25)34-22-31-35(48-34)33(17-19-39-31)47-32-16-14-28(21-29(32)38)44-37(46)43-27-12-13-27/h11,14-17,19,21-24,26-27H,4-10,12-13,18,20H2,1-3H3,(H2,40,42,45)(H2,43,44,46). The van der Waals surface area contributed by atoms with Crippen molar-refractivity contribution in [2.24, 2.45) is 5.92 Å². The number of rotatable bonds is 17. The number of carbonyl (C=O) groups excluding carboxylic acids is 2. The lowest BCUT2D eigenvalue weighted by Gasteiger charge is -2.20. The van der Waals surface area contributed by atoms with Gasteiger partial charge in [0.1, 0.15) is 5.75 Å². The summed E-state index contributed by atoms with van der Waals surface area (Å²) in [5.41, 5.74) is 3.16. The van der Waals surface area contributed by atoms with Gasteiger partial charge in [0.15, 0.2) is 11.6 Å². The Bertz CT molecular complexity index is 1660. The summed E-state index contributed by atoms with van der Waals surface area (Å²) in [6.07, 6.45) is 13.7. The van der Waals surface area contributed by atoms with Crippen LogP contribution >= 0.6 is 11.3 Å². The van der Waals surface area contributed by atoms with Crippen LogP contribution in [0.25, 0.3) is 20.8 Å². The van der Waals surface area contributed by atoms with Crippen LogP contribution in [0.3, 0.4) is 0 Å². The molecule has 48 heavy (non-hydrogen) atoms. The van der Waals surface area contributed by atoms with Gasteiger partial charge in [-0.1, -0.05) is 52.5 Å². The first-order chi connectivity index (χ1) is 23.3. The van der Waals surface area contributed by atoms with Crippen molar-refractivity contribution in [3.05, 3.63) is 66.2 Å². The van der Waals surface area contributed by atoms with Crippen molar-refractivity contribution in [1.29, 1.82) is 0 Å². The van der Waals surface area contributed by atoms with E-state index in [-0.39, 0.29) is 29.9 Å². The van der Waals surface area contributed by atoms with Gasteiger partial charge in [-0.25, -0.2) is 14.0 Å². The molecule has 1 aliphatic rings. The van der Waals surface area contributed by atoms with Gasteiger partial charge >= 0.3 is 12.1 Å². The molecule has 3 heterocycles. The molecule has 0 spiro atoms. The Morgan fingerprint density at radius 2 is 1.83 bits per heavy atom. The second kappa shape index (κ2) is 17.2. The van der Waals surface area contributed by atoms with E-state index in [0.29, 0.717) is 23.9 Å². The number of thiophene rings is 1. The molecule has 0 saturated heterocycles. The third kappa shape index (κ3) is 10.1. The van der Waals surface area contributed by atoms with Gasteiger partial charge in [0, 0.05) is 48.8 Å². The van der Waals surface area contributed by atoms with E-state index < -0.39 is 5.82 Å². The van der Waals surface area contributed by atoms with E-state index >= 15 is 0 Å². The average Bonchev–Trinajstić information content (AvgIpc) is 3.78. The molecule has 0 aliphatic heterocycles. The van der Waals surface area contributed by atoms with E-state index in [0.717, 1.165) is 85.0 Å². The highest BCUT2D eigenvalue weighted by Crippen LogP contribution is 2.39. The van der Waals surface area contributed by atoms with E-state index in [1.807, 2.05) is 18.3 Å². The van der Waals surface area contributed by atoms with Crippen molar-refractivity contribution < 1.29 is 18.7 Å². The summed E-state index contributed by atoms with van der Waals surface area (Å²) in [5.74, 6) is 0.541. The Morgan fingerprint density at radius 1 is 0.979 bits per heavy atom. The van der Waals surface area contributed by atoms with Gasteiger partial charge in [-0.15, -0.1) is 11.3 Å². The van der Waals surface area contributed by atoms with Gasteiger partial charge in [-0.3, -0.25) is 9.97 Å². The lowest BCUT2D eigenvalue weighted by Crippen LogP contribution is -2.42. The first-order valence-corrected chi connectivity index (χ1v) is 18.1. The Hall–Kier alpha value is -4.25. The quantitative estimate of drug-likeness (QED) is 0.0891. The normalized spacial score (nSPS) is 13.9. The summed E-state index contributed by atoms with van der Waals surface area (Å²) in [6.45, 7) is 7.15. The Kier molecular flexibility index (Phi) is 12.6. The molecule has 1 aliphatic carbocycles. The number of halogens is 1. The molecule has 0 radical (unpaired) electrons. The van der Waals surface area contributed by atoms with Gasteiger partial charge in [0.2, 0.25) is 0 Å². The minimum Gasteiger partial charge on any atom is -0.453 e. The smallest absolute Gasteiger partial charge is 0.319 e. The van der Waals surface area contributed by atoms with Crippen molar-refractivity contribution >= 4 is 39.3 Å². The minimum absolute atomic E-state index is 0.0599. The van der Waals surface area contributed by atoms with Crippen LogP contribution in [-0.4, -0.2) is 40.7 Å². The number of nitrogens with one attached hydrogen (secondary N) is 4. The maximum Gasteiger partial charge on any atom is 0.319 e. The van der Waals surface area contributed by atoms with Gasteiger partial charge < -0.3 is 26.0 Å². The van der Waals surface area contributed by atoms with Crippen LogP contribution in [0, 0.1) is 11.7 Å². The molecule has 4 aromatic rings. The number of carbonyl (C=O) groups is 2. The number of pyridine rings is 2. The third-order valence-corrected chi connectivity index (χ3v) is 9.71. The van der Waals surface area contributed by atoms with E-state index in [9.17, 15) is 14.0 Å². The molecule has 1 fully saturated rings. The number of nitrogens with zero attached hydrogens (tertiary/aromatic N) is 2. The Morgan fingerprint density at radius 3 is 2.54 bits per heavy atom. The zero-order valence-corrected chi connectivity index (χ0v) is 28.9. The molecule has 2 atom stereocenters. The number of aromatic nitrogens is 2. The number of urea groups is 2. The van der Waals surface area contributed by atoms with Gasteiger partial charge in [0.05, 0.1) is 20.8 Å². The topological polar surface area (TPSA) is 117 Å². The van der Waals surface area contributed by atoms with Crippen molar-refractivity contribution in [3.8, 4) is 22.1 Å². The summed E-state index contributed by atoms with van der Waals surface area (Å²) < 4.78 is 21.8. The first-order valence-electron chi connectivity index (χ1n) is 17.3. The molecule has 9 nitrogen and oxygen atoms in total. The van der Waals surface area contributed by atoms with Crippen LogP contribution in [0.5, 0.6) is 11.5 Å². The monoisotopic (exact) mass is 674 g/mol. The summed E-state index contributed by atoms with van der Waals surface area (Å²) in [5, 5.41) is 11.6. The summed E-state index contributed by atoms with van der Waals surface area (Å²) in [7, 11) is 0. The SMILES string of the molecule is CCCNC(=O)NC(CCC)CCCC(CC)Cc1ccc(-c2cc3nccc(Oc4ccc(NC(=O)NC5CC5)cc4F)c3s2)nc1. The molecule has 256 valence electrons. The summed E-state index contributed by atoms with van der Waals surface area (Å²) in [6, 6.07) is 12.3. The minimum atomic E-state index is -0.573. The van der Waals surface area contributed by atoms with Crippen LogP contribution < -0.4 is 26.0 Å². The number of benzene rings is 1. The molecule has 4 amide bonds. The van der Waals surface area contributed by atoms with Crippen LogP contribution in [0.15, 0.2) is 54.9 Å². The highest BCUT2D eigenvalue weighted by molar-refractivity contribution is 7.22. The fourth-order valence-electron chi connectivity index (χ4n) is 5.72. The number of ether oxygens (including phenoxy) is 1. The highest BCUT2D eigenvalue weighted by atomic mass is 32.1. The maximum absolute atomic E-state index is 15.0. The van der Waals surface area contributed by atoms with Gasteiger partial charge in [-0.05, 0) is 74.3 Å². The number of hydrogen-bond acceptors (Lipinski definition) is 6. The number of fused-ring (bicyclic) bond motifs is 1. The van der Waals surface area contributed by atoms with Crippen LogP contribution in [-0.2, 0) is 6.42 Å². The summed E-state index contributed by atoms with van der Waals surface area (Å²) >= 11 is 1.50. The number of hydrogen-bond donors (Lipinski definition) is 4. The van der Waals surface area contributed by atoms with Crippen molar-refractivity contribution in [3.63, 3.8) is 0 Å². The molecule has 3 aromatic heterocycles. The number of anilines is 1. The average molecular weight is 675 g/mol. The van der Waals surface area contributed by atoms with Crippen molar-refractivity contribution in [2.45, 2.75) is 97.1 Å².